The van der Waals surface area contributed by atoms with Crippen LogP contribution in [0.4, 0.5) is 0 Å². The summed E-state index contributed by atoms with van der Waals surface area (Å²) in [6.07, 6.45) is -6.72. The molecule has 0 bridgehead atoms. The van der Waals surface area contributed by atoms with E-state index in [1.165, 1.54) is 0 Å². The van der Waals surface area contributed by atoms with Crippen molar-refractivity contribution < 1.29 is 11.0 Å². The molecule has 0 heterocycles. The van der Waals surface area contributed by atoms with Crippen LogP contribution in [0.2, 0.25) is 0 Å². The van der Waals surface area contributed by atoms with Gasteiger partial charge in [0.1, 0.15) is 0 Å². The first kappa shape index (κ1) is 1.85. The monoisotopic (exact) mass is 138 g/mol. The molecule has 9 heavy (non-hydrogen) atoms. The Bertz CT molecular complexity index is 314. The van der Waals surface area contributed by atoms with E-state index in [0.717, 1.165) is 0 Å². The predicted octanol–water partition coefficient (Wildman–Crippen LogP) is -1.00. The molecule has 0 aliphatic carbocycles. The van der Waals surface area contributed by atoms with Gasteiger partial charge in [-0.25, -0.2) is 0 Å². The van der Waals surface area contributed by atoms with Gasteiger partial charge in [0.05, 0.1) is 2.74 Å². The molecule has 0 aromatic rings. The Morgan fingerprint density at radius 1 is 1.44 bits per heavy atom. The van der Waals surface area contributed by atoms with Crippen molar-refractivity contribution >= 4 is 5.96 Å². The van der Waals surface area contributed by atoms with Crippen LogP contribution < -0.4 is 17.2 Å². The zero-order valence-electron chi connectivity index (χ0n) is 12.7. The van der Waals surface area contributed by atoms with Crippen molar-refractivity contribution in [3.05, 3.63) is 0 Å². The third-order valence-corrected chi connectivity index (χ3v) is 0.376. The molecular weight excluding hydrogens is 116 g/mol. The highest BCUT2D eigenvalue weighted by Crippen LogP contribution is 1.84. The molecule has 4 nitrogen and oxygen atoms in total. The molecule has 0 saturated heterocycles. The number of aliphatic imine (C=N–C) groups is 1. The molecule has 0 atom stereocenters. The van der Waals surface area contributed by atoms with Crippen LogP contribution in [-0.4, -0.2) is 19.0 Å². The second-order valence-electron chi connectivity index (χ2n) is 1.04. The van der Waals surface area contributed by atoms with Crippen LogP contribution in [0.1, 0.15) is 23.7 Å². The van der Waals surface area contributed by atoms with Gasteiger partial charge < -0.3 is 17.2 Å². The van der Waals surface area contributed by atoms with E-state index in [4.69, 9.17) is 28.2 Å². The molecule has 6 N–H and O–H groups in total. The largest absolute Gasteiger partial charge is 0.370 e. The van der Waals surface area contributed by atoms with Gasteiger partial charge in [0.2, 0.25) is 0 Å². The molecule has 0 radical (unpaired) electrons. The summed E-state index contributed by atoms with van der Waals surface area (Å²) in [5.41, 5.74) is 14.7. The highest BCUT2D eigenvalue weighted by Gasteiger charge is 1.82. The van der Waals surface area contributed by atoms with E-state index in [0.29, 0.717) is 0 Å². The second-order valence-corrected chi connectivity index (χ2v) is 1.04. The number of nitrogens with two attached hydrogens (primary N) is 3. The van der Waals surface area contributed by atoms with Gasteiger partial charge in [-0.05, 0) is 19.2 Å². The minimum Gasteiger partial charge on any atom is -0.370 e. The van der Waals surface area contributed by atoms with Crippen molar-refractivity contribution in [1.29, 1.82) is 0 Å². The summed E-state index contributed by atoms with van der Waals surface area (Å²) in [7, 11) is 0. The van der Waals surface area contributed by atoms with Crippen LogP contribution in [0.3, 0.4) is 0 Å². The fourth-order valence-electron chi connectivity index (χ4n) is 0.157. The van der Waals surface area contributed by atoms with Crippen molar-refractivity contribution in [2.45, 2.75) is 12.7 Å². The zero-order valence-corrected chi connectivity index (χ0v) is 4.68. The molecule has 0 aromatic carbocycles. The summed E-state index contributed by atoms with van der Waals surface area (Å²) in [5, 5.41) is 0. The molecule has 4 heteroatoms. The van der Waals surface area contributed by atoms with Crippen molar-refractivity contribution in [2.24, 2.45) is 22.2 Å². The molecule has 0 aliphatic rings. The van der Waals surface area contributed by atoms with Crippen molar-refractivity contribution in [3.63, 3.8) is 0 Å². The topological polar surface area (TPSA) is 90.4 Å². The van der Waals surface area contributed by atoms with Crippen molar-refractivity contribution in [1.82, 2.24) is 0 Å². The van der Waals surface area contributed by atoms with Gasteiger partial charge in [-0.15, -0.1) is 0 Å². The van der Waals surface area contributed by atoms with Gasteiger partial charge in [-0.3, -0.25) is 4.99 Å². The second kappa shape index (κ2) is 5.37. The van der Waals surface area contributed by atoms with E-state index in [1.807, 2.05) is 0 Å². The van der Waals surface area contributed by atoms with E-state index in [1.54, 1.807) is 0 Å². The minimum absolute atomic E-state index is 0.785. The van der Waals surface area contributed by atoms with Gasteiger partial charge in [0.25, 0.3) is 0 Å². The minimum atomic E-state index is -3.37. The standard InChI is InChI=1S/C5H14N4/c6-3-1-2-4-9-5(7)8/h1-4,6H2,(H4,7,8,9)/i1D2,2D2,3D2,4D2. The number of hydrogen-bond acceptors (Lipinski definition) is 2. The fraction of sp³-hybridized carbons (Fsp3) is 0.800. The van der Waals surface area contributed by atoms with Crippen LogP contribution >= 0.6 is 0 Å². The summed E-state index contributed by atoms with van der Waals surface area (Å²) in [6, 6.07) is 0. The van der Waals surface area contributed by atoms with Crippen molar-refractivity contribution in [3.8, 4) is 0 Å². The Kier molecular flexibility index (Phi) is 1.11. The Labute approximate surface area is 66.4 Å². The molecule has 0 unspecified atom stereocenters. The third-order valence-electron chi connectivity index (χ3n) is 0.376. The third kappa shape index (κ3) is 7.23. The van der Waals surface area contributed by atoms with Gasteiger partial charge in [0.15, 0.2) is 5.96 Å². The van der Waals surface area contributed by atoms with Gasteiger partial charge in [-0.1, -0.05) is 0 Å². The molecule has 0 saturated carbocycles. The smallest absolute Gasteiger partial charge is 0.185 e. The molecular formula is C5H14N4. The van der Waals surface area contributed by atoms with Crippen LogP contribution in [0.5, 0.6) is 0 Å². The van der Waals surface area contributed by atoms with Crippen LogP contribution in [0.25, 0.3) is 0 Å². The lowest BCUT2D eigenvalue weighted by Crippen LogP contribution is -2.23. The van der Waals surface area contributed by atoms with Gasteiger partial charge in [-0.2, -0.15) is 0 Å². The number of hydrogen-bond donors (Lipinski definition) is 3. The van der Waals surface area contributed by atoms with Crippen LogP contribution in [-0.2, 0) is 0 Å². The summed E-state index contributed by atoms with van der Waals surface area (Å²) < 4.78 is 57.8. The molecule has 54 valence electrons. The lowest BCUT2D eigenvalue weighted by atomic mass is 10.3. The number of rotatable bonds is 4. The maximum absolute atomic E-state index is 7.36. The Morgan fingerprint density at radius 3 is 2.56 bits per heavy atom. The summed E-state index contributed by atoms with van der Waals surface area (Å²) in [6.45, 7) is -6.27. The van der Waals surface area contributed by atoms with E-state index < -0.39 is 31.7 Å². The van der Waals surface area contributed by atoms with E-state index in [-0.39, 0.29) is 0 Å². The number of guanidine groups is 1. The predicted molar refractivity (Wildman–Crippen MR) is 39.0 cm³/mol. The fourth-order valence-corrected chi connectivity index (χ4v) is 0.157. The van der Waals surface area contributed by atoms with Crippen molar-refractivity contribution in [2.75, 3.05) is 13.0 Å². The molecule has 0 aliphatic heterocycles. The molecule has 0 aromatic heterocycles. The summed E-state index contributed by atoms with van der Waals surface area (Å²) in [4.78, 5) is 2.93. The Morgan fingerprint density at radius 2 is 2.11 bits per heavy atom. The summed E-state index contributed by atoms with van der Waals surface area (Å²) >= 11 is 0. The normalized spacial score (nSPS) is 28.6. The molecule has 0 amide bonds. The van der Waals surface area contributed by atoms with E-state index in [9.17, 15) is 0 Å². The molecule has 0 spiro atoms. The molecule has 0 rings (SSSR count). The lowest BCUT2D eigenvalue weighted by molar-refractivity contribution is 0.755. The first-order chi connectivity index (χ1) is 7.17. The lowest BCUT2D eigenvalue weighted by Gasteiger charge is -1.92. The summed E-state index contributed by atoms with van der Waals surface area (Å²) in [5.74, 6) is -0.785. The van der Waals surface area contributed by atoms with E-state index in [2.05, 4.69) is 4.99 Å². The van der Waals surface area contributed by atoms with Gasteiger partial charge >= 0.3 is 0 Å². The van der Waals surface area contributed by atoms with E-state index >= 15 is 0 Å². The average molecular weight is 138 g/mol. The quantitative estimate of drug-likeness (QED) is 0.344. The Hall–Kier alpha value is -0.770. The first-order valence-electron chi connectivity index (χ1n) is 6.06. The SMILES string of the molecule is [2H]C([2H])(N)C([2H])([2H])C([2H])([2H])C([2H])([2H])N=C(N)N. The maximum Gasteiger partial charge on any atom is 0.185 e. The van der Waals surface area contributed by atoms with Gasteiger partial charge in [0, 0.05) is 14.7 Å². The zero-order chi connectivity index (χ0) is 14.3. The maximum atomic E-state index is 7.36. The Balaban J connectivity index is 5.64. The average Bonchev–Trinajstić information content (AvgIpc) is 1.98. The van der Waals surface area contributed by atoms with Crippen LogP contribution in [0.15, 0.2) is 4.99 Å². The first-order valence-corrected chi connectivity index (χ1v) is 2.06. The molecule has 0 fully saturated rings. The highest BCUT2D eigenvalue weighted by molar-refractivity contribution is 5.75. The number of nitrogens with zero attached hydrogens (tertiary/aromatic N) is 1. The van der Waals surface area contributed by atoms with Crippen LogP contribution in [0, 0.1) is 0 Å². The highest BCUT2D eigenvalue weighted by atomic mass is 15.0.